The molecule has 2 aromatic heterocycles. The van der Waals surface area contributed by atoms with Crippen LogP contribution in [0, 0.1) is 6.92 Å². The van der Waals surface area contributed by atoms with E-state index in [2.05, 4.69) is 30.4 Å². The number of carbonyl (C=O) groups excluding carboxylic acids is 1. The number of nitrogens with one attached hydrogen (secondary N) is 2. The molecule has 37 heavy (non-hydrogen) atoms. The Morgan fingerprint density at radius 2 is 1.86 bits per heavy atom. The quantitative estimate of drug-likeness (QED) is 0.549. The van der Waals surface area contributed by atoms with E-state index < -0.39 is 0 Å². The van der Waals surface area contributed by atoms with Crippen LogP contribution in [0.2, 0.25) is 0 Å². The van der Waals surface area contributed by atoms with E-state index in [9.17, 15) is 4.79 Å². The summed E-state index contributed by atoms with van der Waals surface area (Å²) in [4.78, 5) is 35.5. The number of benzene rings is 1. The predicted octanol–water partition coefficient (Wildman–Crippen LogP) is 3.31. The number of carbonyl (C=O) groups is 1. The minimum atomic E-state index is -0.218. The number of nitrogens with zero attached hydrogens (tertiary/aromatic N) is 6. The minimum absolute atomic E-state index is 0.218. The second-order valence-electron chi connectivity index (χ2n) is 9.91. The van der Waals surface area contributed by atoms with E-state index in [1.807, 2.05) is 44.2 Å². The number of anilines is 3. The monoisotopic (exact) mass is 500 g/mol. The second-order valence-corrected chi connectivity index (χ2v) is 9.91. The Labute approximate surface area is 216 Å². The van der Waals surface area contributed by atoms with Crippen molar-refractivity contribution in [1.29, 1.82) is 0 Å². The first-order valence-corrected chi connectivity index (χ1v) is 13.0. The summed E-state index contributed by atoms with van der Waals surface area (Å²) in [5.41, 5.74) is 4.84. The van der Waals surface area contributed by atoms with Crippen LogP contribution in [0.3, 0.4) is 0 Å². The van der Waals surface area contributed by atoms with Crippen LogP contribution >= 0.6 is 0 Å². The molecular weight excluding hydrogens is 468 g/mol. The highest BCUT2D eigenvalue weighted by molar-refractivity contribution is 5.89. The molecule has 0 aliphatic carbocycles. The Morgan fingerprint density at radius 3 is 2.59 bits per heavy atom. The number of morpholine rings is 1. The van der Waals surface area contributed by atoms with E-state index in [1.165, 1.54) is 5.56 Å². The van der Waals surface area contributed by atoms with Gasteiger partial charge in [-0.2, -0.15) is 0 Å². The molecule has 3 aliphatic heterocycles. The van der Waals surface area contributed by atoms with Gasteiger partial charge in [0.2, 0.25) is 0 Å². The fraction of sp³-hybridized carbons (Fsp3) is 0.444. The lowest BCUT2D eigenvalue weighted by molar-refractivity contribution is 0.0301. The number of ether oxygens (including phenoxy) is 1. The zero-order valence-electron chi connectivity index (χ0n) is 21.3. The molecule has 1 aromatic carbocycles. The number of hydrogen-bond donors (Lipinski definition) is 2. The summed E-state index contributed by atoms with van der Waals surface area (Å²) in [6.07, 6.45) is 5.25. The molecule has 192 valence electrons. The predicted molar refractivity (Wildman–Crippen MR) is 142 cm³/mol. The number of fused-ring (bicyclic) bond motifs is 3. The molecule has 0 radical (unpaired) electrons. The van der Waals surface area contributed by atoms with Gasteiger partial charge in [0.1, 0.15) is 18.0 Å². The average Bonchev–Trinajstić information content (AvgIpc) is 3.25. The molecule has 10 nitrogen and oxygen atoms in total. The van der Waals surface area contributed by atoms with Crippen molar-refractivity contribution in [3.63, 3.8) is 0 Å². The van der Waals surface area contributed by atoms with Crippen molar-refractivity contribution in [2.45, 2.75) is 51.9 Å². The van der Waals surface area contributed by atoms with Crippen molar-refractivity contribution in [3.8, 4) is 11.4 Å². The van der Waals surface area contributed by atoms with Crippen LogP contribution in [0.4, 0.5) is 22.1 Å². The molecule has 5 heterocycles. The van der Waals surface area contributed by atoms with Gasteiger partial charge in [-0.05, 0) is 57.4 Å². The molecule has 2 atom stereocenters. The highest BCUT2D eigenvalue weighted by Crippen LogP contribution is 2.35. The van der Waals surface area contributed by atoms with E-state index in [4.69, 9.17) is 14.7 Å². The normalized spacial score (nSPS) is 20.5. The standard InChI is InChI=1S/C27H32N8O2/c1-3-28-27(36)31-19-6-4-18(5-7-19)25-32-23-15-34(24-12-17(2)29-16-30-24)11-10-22(23)26(33-25)35-13-20-8-9-21(14-35)37-20/h4-7,12,16,20-21H,3,8-11,13-15H2,1-2H3,(H2,28,31,36). The van der Waals surface area contributed by atoms with Gasteiger partial charge in [0.05, 0.1) is 24.4 Å². The Hall–Kier alpha value is -3.79. The molecule has 2 saturated heterocycles. The van der Waals surface area contributed by atoms with Crippen LogP contribution in [0.1, 0.15) is 36.7 Å². The molecule has 2 bridgehead atoms. The van der Waals surface area contributed by atoms with E-state index in [-0.39, 0.29) is 18.2 Å². The van der Waals surface area contributed by atoms with Gasteiger partial charge in [0.25, 0.3) is 0 Å². The SMILES string of the molecule is CCNC(=O)Nc1ccc(-c2nc3c(c(N4CC5CCC(C4)O5)n2)CCN(c2cc(C)ncn2)C3)cc1. The van der Waals surface area contributed by atoms with E-state index in [0.29, 0.717) is 18.9 Å². The summed E-state index contributed by atoms with van der Waals surface area (Å²) in [6.45, 7) is 7.70. The third-order valence-electron chi connectivity index (χ3n) is 7.24. The van der Waals surface area contributed by atoms with Crippen molar-refractivity contribution in [2.75, 3.05) is 41.3 Å². The van der Waals surface area contributed by atoms with Gasteiger partial charge in [0, 0.05) is 54.8 Å². The topological polar surface area (TPSA) is 108 Å². The van der Waals surface area contributed by atoms with Crippen molar-refractivity contribution in [2.24, 2.45) is 0 Å². The van der Waals surface area contributed by atoms with Gasteiger partial charge in [-0.1, -0.05) is 0 Å². The maximum absolute atomic E-state index is 11.9. The summed E-state index contributed by atoms with van der Waals surface area (Å²) in [5.74, 6) is 2.64. The lowest BCUT2D eigenvalue weighted by atomic mass is 10.0. The number of aryl methyl sites for hydroxylation is 1. The van der Waals surface area contributed by atoms with E-state index in [1.54, 1.807) is 6.33 Å². The Kier molecular flexibility index (Phi) is 6.33. The maximum Gasteiger partial charge on any atom is 0.319 e. The first-order valence-electron chi connectivity index (χ1n) is 13.0. The highest BCUT2D eigenvalue weighted by atomic mass is 16.5. The fourth-order valence-electron chi connectivity index (χ4n) is 5.44. The van der Waals surface area contributed by atoms with Gasteiger partial charge in [-0.25, -0.2) is 24.7 Å². The number of amides is 2. The third-order valence-corrected chi connectivity index (χ3v) is 7.24. The van der Waals surface area contributed by atoms with Crippen LogP contribution in [-0.2, 0) is 17.7 Å². The maximum atomic E-state index is 11.9. The Morgan fingerprint density at radius 1 is 1.08 bits per heavy atom. The zero-order chi connectivity index (χ0) is 25.4. The molecule has 2 amide bonds. The highest BCUT2D eigenvalue weighted by Gasteiger charge is 2.36. The molecule has 2 unspecified atom stereocenters. The minimum Gasteiger partial charge on any atom is -0.371 e. The molecule has 2 fully saturated rings. The van der Waals surface area contributed by atoms with Gasteiger partial charge in [0.15, 0.2) is 5.82 Å². The number of aromatic nitrogens is 4. The molecule has 6 rings (SSSR count). The Bertz CT molecular complexity index is 1290. The number of hydrogen-bond acceptors (Lipinski definition) is 8. The van der Waals surface area contributed by atoms with Crippen molar-refractivity contribution < 1.29 is 9.53 Å². The lowest BCUT2D eigenvalue weighted by Crippen LogP contribution is -2.44. The van der Waals surface area contributed by atoms with Crippen LogP contribution < -0.4 is 20.4 Å². The van der Waals surface area contributed by atoms with Gasteiger partial charge < -0.3 is 25.2 Å². The zero-order valence-corrected chi connectivity index (χ0v) is 21.3. The fourth-order valence-corrected chi connectivity index (χ4v) is 5.44. The molecular formula is C27H32N8O2. The molecule has 0 spiro atoms. The van der Waals surface area contributed by atoms with Crippen LogP contribution in [0.5, 0.6) is 0 Å². The largest absolute Gasteiger partial charge is 0.371 e. The summed E-state index contributed by atoms with van der Waals surface area (Å²) >= 11 is 0. The molecule has 10 heteroatoms. The molecule has 3 aromatic rings. The van der Waals surface area contributed by atoms with Gasteiger partial charge in [-0.15, -0.1) is 0 Å². The summed E-state index contributed by atoms with van der Waals surface area (Å²) in [6, 6.07) is 9.50. The van der Waals surface area contributed by atoms with Crippen molar-refractivity contribution in [1.82, 2.24) is 25.3 Å². The second kappa shape index (κ2) is 9.93. The van der Waals surface area contributed by atoms with Crippen molar-refractivity contribution >= 4 is 23.4 Å². The first-order chi connectivity index (χ1) is 18.1. The van der Waals surface area contributed by atoms with Crippen LogP contribution in [0.25, 0.3) is 11.4 Å². The van der Waals surface area contributed by atoms with E-state index in [0.717, 1.165) is 73.2 Å². The summed E-state index contributed by atoms with van der Waals surface area (Å²) in [7, 11) is 0. The summed E-state index contributed by atoms with van der Waals surface area (Å²) < 4.78 is 6.11. The first kappa shape index (κ1) is 23.6. The molecule has 0 saturated carbocycles. The molecule has 2 N–H and O–H groups in total. The van der Waals surface area contributed by atoms with Gasteiger partial charge >= 0.3 is 6.03 Å². The van der Waals surface area contributed by atoms with Gasteiger partial charge in [-0.3, -0.25) is 0 Å². The number of urea groups is 1. The van der Waals surface area contributed by atoms with E-state index >= 15 is 0 Å². The van der Waals surface area contributed by atoms with Crippen LogP contribution in [0.15, 0.2) is 36.7 Å². The third kappa shape index (κ3) is 4.93. The summed E-state index contributed by atoms with van der Waals surface area (Å²) in [5, 5.41) is 5.60. The van der Waals surface area contributed by atoms with Crippen LogP contribution in [-0.4, -0.2) is 64.4 Å². The molecule has 3 aliphatic rings. The Balaban J connectivity index is 1.34. The van der Waals surface area contributed by atoms with Crippen molar-refractivity contribution in [3.05, 3.63) is 53.6 Å². The smallest absolute Gasteiger partial charge is 0.319 e. The average molecular weight is 501 g/mol. The number of rotatable bonds is 5. The lowest BCUT2D eigenvalue weighted by Gasteiger charge is -2.37.